The first-order chi connectivity index (χ1) is 13.4. The Balaban J connectivity index is 2.23. The highest BCUT2D eigenvalue weighted by atomic mass is 32.2. The summed E-state index contributed by atoms with van der Waals surface area (Å²) in [5, 5.41) is 30.6. The lowest BCUT2D eigenvalue weighted by atomic mass is 9.72. The molecule has 142 valence electrons. The Labute approximate surface area is 168 Å². The lowest BCUT2D eigenvalue weighted by Gasteiger charge is -2.34. The molecule has 28 heavy (non-hydrogen) atoms. The molecule has 0 spiro atoms. The standard InChI is InChI=1S/C20H19N5O2S/c1-20(2)15(11-22)18(27)24-19(16(20)12-23)28-13-17(26)25(10-6-9-21)14-7-4-3-5-8-14/h3-5,7-8,15H,6,10,13H2,1-2H3,(H,24,27)/t15-/m1/s1. The van der Waals surface area contributed by atoms with E-state index in [1.165, 1.54) is 4.90 Å². The highest BCUT2D eigenvalue weighted by molar-refractivity contribution is 8.03. The number of benzene rings is 1. The number of amides is 2. The van der Waals surface area contributed by atoms with Gasteiger partial charge in [-0.3, -0.25) is 9.59 Å². The number of carbonyl (C=O) groups excluding carboxylic acids is 2. The number of nitriles is 3. The summed E-state index contributed by atoms with van der Waals surface area (Å²) in [6.07, 6.45) is 0.186. The van der Waals surface area contributed by atoms with Gasteiger partial charge >= 0.3 is 0 Å². The SMILES string of the molecule is CC1(C)C(C#N)=C(SCC(=O)N(CCC#N)c2ccccc2)NC(=O)[C@H]1C#N. The zero-order chi connectivity index (χ0) is 20.7. The third-order valence-corrected chi connectivity index (χ3v) is 5.48. The lowest BCUT2D eigenvalue weighted by Crippen LogP contribution is -2.44. The number of carbonyl (C=O) groups is 2. The smallest absolute Gasteiger partial charge is 0.243 e. The Bertz CT molecular complexity index is 919. The second-order valence-corrected chi connectivity index (χ2v) is 7.65. The second kappa shape index (κ2) is 9.08. The van der Waals surface area contributed by atoms with E-state index in [4.69, 9.17) is 5.26 Å². The molecule has 0 unspecified atom stereocenters. The zero-order valence-corrected chi connectivity index (χ0v) is 16.4. The van der Waals surface area contributed by atoms with E-state index in [2.05, 4.69) is 11.4 Å². The molecule has 1 aliphatic heterocycles. The van der Waals surface area contributed by atoms with E-state index in [0.717, 1.165) is 11.8 Å². The van der Waals surface area contributed by atoms with E-state index >= 15 is 0 Å². The van der Waals surface area contributed by atoms with Crippen LogP contribution < -0.4 is 10.2 Å². The van der Waals surface area contributed by atoms with Crippen molar-refractivity contribution in [3.05, 3.63) is 40.9 Å². The highest BCUT2D eigenvalue weighted by Gasteiger charge is 2.44. The molecule has 1 atom stereocenters. The molecule has 7 nitrogen and oxygen atoms in total. The molecule has 0 fully saturated rings. The molecule has 1 aromatic carbocycles. The Morgan fingerprint density at radius 3 is 2.50 bits per heavy atom. The van der Waals surface area contributed by atoms with Crippen LogP contribution in [0.1, 0.15) is 20.3 Å². The first-order valence-corrected chi connectivity index (χ1v) is 9.55. The van der Waals surface area contributed by atoms with Crippen LogP contribution in [0.4, 0.5) is 5.69 Å². The van der Waals surface area contributed by atoms with Crippen LogP contribution in [0.15, 0.2) is 40.9 Å². The fraction of sp³-hybridized carbons (Fsp3) is 0.350. The largest absolute Gasteiger partial charge is 0.319 e. The molecule has 1 N–H and O–H groups in total. The van der Waals surface area contributed by atoms with Crippen molar-refractivity contribution in [3.63, 3.8) is 0 Å². The van der Waals surface area contributed by atoms with E-state index in [-0.39, 0.29) is 30.2 Å². The molecule has 0 aliphatic carbocycles. The van der Waals surface area contributed by atoms with Crippen molar-refractivity contribution in [2.45, 2.75) is 20.3 Å². The fourth-order valence-electron chi connectivity index (χ4n) is 2.91. The quantitative estimate of drug-likeness (QED) is 0.793. The van der Waals surface area contributed by atoms with Crippen LogP contribution in [0, 0.1) is 45.3 Å². The van der Waals surface area contributed by atoms with E-state index in [1.807, 2.05) is 18.2 Å². The number of hydrogen-bond donors (Lipinski definition) is 1. The summed E-state index contributed by atoms with van der Waals surface area (Å²) >= 11 is 1.05. The third-order valence-electron chi connectivity index (χ3n) is 4.49. The summed E-state index contributed by atoms with van der Waals surface area (Å²) in [6.45, 7) is 3.59. The van der Waals surface area contributed by atoms with E-state index in [1.54, 1.807) is 38.1 Å². The molecule has 8 heteroatoms. The molecule has 0 bridgehead atoms. The van der Waals surface area contributed by atoms with Gasteiger partial charge < -0.3 is 10.2 Å². The van der Waals surface area contributed by atoms with Crippen molar-refractivity contribution in [2.75, 3.05) is 17.2 Å². The maximum Gasteiger partial charge on any atom is 0.243 e. The molecule has 1 heterocycles. The molecule has 2 rings (SSSR count). The number of anilines is 1. The number of nitrogens with one attached hydrogen (secondary N) is 1. The maximum atomic E-state index is 12.8. The van der Waals surface area contributed by atoms with Crippen LogP contribution in [0.5, 0.6) is 0 Å². The van der Waals surface area contributed by atoms with Crippen molar-refractivity contribution in [2.24, 2.45) is 11.3 Å². The maximum absolute atomic E-state index is 12.8. The molecular formula is C20H19N5O2S. The minimum atomic E-state index is -0.973. The van der Waals surface area contributed by atoms with Gasteiger partial charge in [0.15, 0.2) is 0 Å². The summed E-state index contributed by atoms with van der Waals surface area (Å²) in [4.78, 5) is 26.5. The predicted octanol–water partition coefficient (Wildman–Crippen LogP) is 2.70. The molecular weight excluding hydrogens is 374 g/mol. The Morgan fingerprint density at radius 1 is 1.25 bits per heavy atom. The van der Waals surface area contributed by atoms with Gasteiger partial charge in [-0.25, -0.2) is 0 Å². The summed E-state index contributed by atoms with van der Waals surface area (Å²) < 4.78 is 0. The Morgan fingerprint density at radius 2 is 1.93 bits per heavy atom. The van der Waals surface area contributed by atoms with E-state index in [9.17, 15) is 20.1 Å². The van der Waals surface area contributed by atoms with Crippen molar-refractivity contribution >= 4 is 29.3 Å². The molecule has 1 aliphatic rings. The molecule has 1 aromatic rings. The van der Waals surface area contributed by atoms with Gasteiger partial charge in [-0.1, -0.05) is 43.8 Å². The van der Waals surface area contributed by atoms with Crippen LogP contribution in [-0.4, -0.2) is 24.1 Å². The highest BCUT2D eigenvalue weighted by Crippen LogP contribution is 2.41. The van der Waals surface area contributed by atoms with Gasteiger partial charge in [-0.05, 0) is 12.1 Å². The van der Waals surface area contributed by atoms with Crippen LogP contribution in [-0.2, 0) is 9.59 Å². The number of hydrogen-bond acceptors (Lipinski definition) is 6. The molecule has 0 radical (unpaired) electrons. The van der Waals surface area contributed by atoms with Crippen LogP contribution in [0.3, 0.4) is 0 Å². The number of allylic oxidation sites excluding steroid dienone is 1. The monoisotopic (exact) mass is 393 g/mol. The van der Waals surface area contributed by atoms with Gasteiger partial charge in [-0.15, -0.1) is 0 Å². The van der Waals surface area contributed by atoms with Gasteiger partial charge in [0.05, 0.1) is 41.0 Å². The summed E-state index contributed by atoms with van der Waals surface area (Å²) in [7, 11) is 0. The summed E-state index contributed by atoms with van der Waals surface area (Å²) in [5.41, 5.74) is 0.00654. The average molecular weight is 393 g/mol. The van der Waals surface area contributed by atoms with Crippen molar-refractivity contribution < 1.29 is 9.59 Å². The molecule has 0 aromatic heterocycles. The number of rotatable bonds is 6. The van der Waals surface area contributed by atoms with Crippen molar-refractivity contribution in [3.8, 4) is 18.2 Å². The molecule has 2 amide bonds. The van der Waals surface area contributed by atoms with Crippen molar-refractivity contribution in [1.82, 2.24) is 5.32 Å². The van der Waals surface area contributed by atoms with Gasteiger partial charge in [0.2, 0.25) is 11.8 Å². The topological polar surface area (TPSA) is 121 Å². The average Bonchev–Trinajstić information content (AvgIpc) is 2.67. The van der Waals surface area contributed by atoms with E-state index in [0.29, 0.717) is 10.7 Å². The first kappa shape index (κ1) is 21.0. The minimum Gasteiger partial charge on any atom is -0.319 e. The minimum absolute atomic E-state index is 0.0194. The third kappa shape index (κ3) is 4.34. The second-order valence-electron chi connectivity index (χ2n) is 6.67. The van der Waals surface area contributed by atoms with Crippen molar-refractivity contribution in [1.29, 1.82) is 15.8 Å². The van der Waals surface area contributed by atoms with Crippen LogP contribution in [0.2, 0.25) is 0 Å². The Kier molecular flexibility index (Phi) is 6.82. The van der Waals surface area contributed by atoms with Gasteiger partial charge in [-0.2, -0.15) is 15.8 Å². The number of nitrogens with zero attached hydrogens (tertiary/aromatic N) is 4. The zero-order valence-electron chi connectivity index (χ0n) is 15.6. The van der Waals surface area contributed by atoms with Crippen LogP contribution >= 0.6 is 11.8 Å². The fourth-order valence-corrected chi connectivity index (χ4v) is 3.96. The first-order valence-electron chi connectivity index (χ1n) is 8.57. The van der Waals surface area contributed by atoms with Gasteiger partial charge in [0.25, 0.3) is 0 Å². The predicted molar refractivity (Wildman–Crippen MR) is 105 cm³/mol. The summed E-state index contributed by atoms with van der Waals surface area (Å²) in [6, 6.07) is 15.0. The van der Waals surface area contributed by atoms with Gasteiger partial charge in [0.1, 0.15) is 5.92 Å². The summed E-state index contributed by atoms with van der Waals surface area (Å²) in [5.74, 6) is -1.72. The molecule has 0 saturated carbocycles. The lowest BCUT2D eigenvalue weighted by molar-refractivity contribution is -0.125. The van der Waals surface area contributed by atoms with Gasteiger partial charge in [0, 0.05) is 17.6 Å². The normalized spacial score (nSPS) is 17.7. The Hall–Kier alpha value is -3.28. The number of para-hydroxylation sites is 1. The van der Waals surface area contributed by atoms with Crippen LogP contribution in [0.25, 0.3) is 0 Å². The van der Waals surface area contributed by atoms with E-state index < -0.39 is 17.2 Å². The number of thioether (sulfide) groups is 1. The molecule has 0 saturated heterocycles.